The molecule has 0 bridgehead atoms. The van der Waals surface area contributed by atoms with E-state index in [1.807, 2.05) is 6.08 Å². The molecule has 4 fully saturated rings. The molecule has 4 amide bonds. The molecule has 1 N–H and O–H groups in total. The van der Waals surface area contributed by atoms with Crippen molar-refractivity contribution in [3.63, 3.8) is 0 Å². The zero-order valence-corrected chi connectivity index (χ0v) is 24.3. The molecule has 7 nitrogen and oxygen atoms in total. The first-order chi connectivity index (χ1) is 20.5. The molecule has 0 unspecified atom stereocenters. The molecule has 2 aromatic carbocycles. The number of nitrogens with zero attached hydrogens (tertiary/aromatic N) is 2. The van der Waals surface area contributed by atoms with Gasteiger partial charge in [-0.1, -0.05) is 48.6 Å². The number of halogens is 3. The Morgan fingerprint density at radius 3 is 2.35 bits per heavy atom. The molecule has 0 radical (unpaired) electrons. The molecule has 10 heteroatoms. The highest BCUT2D eigenvalue weighted by atomic mass is 35.5. The van der Waals surface area contributed by atoms with E-state index in [4.69, 9.17) is 11.6 Å². The average molecular weight is 609 g/mol. The molecule has 7 rings (SSSR count). The normalized spacial score (nSPS) is 32.6. The van der Waals surface area contributed by atoms with Crippen molar-refractivity contribution < 1.29 is 33.1 Å². The number of hydrogen-bond acceptors (Lipinski definition) is 5. The maximum atomic E-state index is 14.8. The fourth-order valence-corrected chi connectivity index (χ4v) is 8.87. The van der Waals surface area contributed by atoms with E-state index in [1.54, 1.807) is 6.92 Å². The predicted molar refractivity (Wildman–Crippen MR) is 153 cm³/mol. The topological polar surface area (TPSA) is 95.0 Å². The number of imide groups is 2. The third-order valence-corrected chi connectivity index (χ3v) is 11.0. The van der Waals surface area contributed by atoms with Gasteiger partial charge in [-0.05, 0) is 74.4 Å². The standard InChI is InChI=1S/C33H31ClF2N2O5/c1-33-22(30(41)38(32(33)43)18-8-11-24(35)23(34)14-18)15-21-19(28(33)16-7-12-26(39)25(36)13-16)9-10-20-27(21)31(42)37(29(20)40)17-5-3-2-4-6-17/h7-9,11-14,17,20-22,27-28,39H,2-6,10,15H2,1H3/t20-,21+,22-,27-,28-,33+/m0/s1. The van der Waals surface area contributed by atoms with Crippen LogP contribution < -0.4 is 4.90 Å². The van der Waals surface area contributed by atoms with Gasteiger partial charge in [0.2, 0.25) is 23.6 Å². The molecule has 6 atom stereocenters. The summed E-state index contributed by atoms with van der Waals surface area (Å²) in [4.78, 5) is 58.8. The summed E-state index contributed by atoms with van der Waals surface area (Å²) in [5.41, 5.74) is -0.140. The van der Waals surface area contributed by atoms with Gasteiger partial charge in [-0.2, -0.15) is 0 Å². The number of anilines is 1. The number of allylic oxidation sites excluding steroid dienone is 2. The number of rotatable bonds is 3. The second kappa shape index (κ2) is 9.97. The Labute approximate surface area is 252 Å². The van der Waals surface area contributed by atoms with Crippen molar-refractivity contribution in [1.29, 1.82) is 0 Å². The fourth-order valence-electron chi connectivity index (χ4n) is 8.69. The highest BCUT2D eigenvalue weighted by molar-refractivity contribution is 6.31. The van der Waals surface area contributed by atoms with Gasteiger partial charge in [0, 0.05) is 12.0 Å². The summed E-state index contributed by atoms with van der Waals surface area (Å²) >= 11 is 6.03. The first kappa shape index (κ1) is 28.2. The predicted octanol–water partition coefficient (Wildman–Crippen LogP) is 5.89. The Morgan fingerprint density at radius 1 is 0.907 bits per heavy atom. The molecular weight excluding hydrogens is 578 g/mol. The van der Waals surface area contributed by atoms with Crippen LogP contribution in [0.1, 0.15) is 63.4 Å². The quantitative estimate of drug-likeness (QED) is 0.347. The smallest absolute Gasteiger partial charge is 0.241 e. The van der Waals surface area contributed by atoms with Crippen molar-refractivity contribution >= 4 is 40.9 Å². The van der Waals surface area contributed by atoms with Crippen LogP contribution in [0.4, 0.5) is 14.5 Å². The Kier molecular flexibility index (Phi) is 6.54. The van der Waals surface area contributed by atoms with Gasteiger partial charge in [0.25, 0.3) is 0 Å². The van der Waals surface area contributed by atoms with E-state index < -0.39 is 64.2 Å². The van der Waals surface area contributed by atoms with Crippen LogP contribution in [0.3, 0.4) is 0 Å². The minimum atomic E-state index is -1.38. The molecule has 2 heterocycles. The maximum absolute atomic E-state index is 14.8. The van der Waals surface area contributed by atoms with E-state index in [2.05, 4.69) is 0 Å². The molecular formula is C33H31ClF2N2O5. The lowest BCUT2D eigenvalue weighted by Gasteiger charge is -2.49. The van der Waals surface area contributed by atoms with Crippen LogP contribution in [0.25, 0.3) is 0 Å². The summed E-state index contributed by atoms with van der Waals surface area (Å²) in [5.74, 6) is -7.03. The second-order valence-corrected chi connectivity index (χ2v) is 13.2. The van der Waals surface area contributed by atoms with E-state index in [1.165, 1.54) is 35.2 Å². The number of carbonyl (C=O) groups excluding carboxylic acids is 4. The minimum absolute atomic E-state index is 0.123. The van der Waals surface area contributed by atoms with Gasteiger partial charge in [0.15, 0.2) is 11.6 Å². The summed E-state index contributed by atoms with van der Waals surface area (Å²) in [6.07, 6.45) is 6.92. The molecule has 2 saturated carbocycles. The third-order valence-electron chi connectivity index (χ3n) is 10.7. The monoisotopic (exact) mass is 608 g/mol. The van der Waals surface area contributed by atoms with Crippen LogP contribution in [0.15, 0.2) is 48.0 Å². The molecule has 0 aromatic heterocycles. The van der Waals surface area contributed by atoms with Crippen molar-refractivity contribution in [2.24, 2.45) is 29.1 Å². The van der Waals surface area contributed by atoms with E-state index in [-0.39, 0.29) is 35.0 Å². The van der Waals surface area contributed by atoms with Gasteiger partial charge in [0.1, 0.15) is 5.82 Å². The zero-order chi connectivity index (χ0) is 30.4. The number of benzene rings is 2. The molecule has 0 spiro atoms. The molecule has 2 aromatic rings. The fraction of sp³-hybridized carbons (Fsp3) is 0.455. The molecule has 5 aliphatic rings. The number of phenols is 1. The SMILES string of the molecule is C[C@@]12C(=O)N(c3ccc(F)c(Cl)c3)C(=O)[C@@H]1C[C@@H]1C(=CC[C@@H]3C(=O)N(C4CCCCC4)C(=O)[C@@H]31)[C@@H]2c1ccc(O)c(F)c1. The van der Waals surface area contributed by atoms with Gasteiger partial charge in [-0.25, -0.2) is 13.7 Å². The zero-order valence-electron chi connectivity index (χ0n) is 23.6. The van der Waals surface area contributed by atoms with Crippen LogP contribution in [-0.4, -0.2) is 39.7 Å². The Hall–Kier alpha value is -3.59. The highest BCUT2D eigenvalue weighted by Crippen LogP contribution is 2.64. The molecule has 2 saturated heterocycles. The molecule has 2 aliphatic heterocycles. The number of aromatic hydroxyl groups is 1. The van der Waals surface area contributed by atoms with Gasteiger partial charge in [-0.3, -0.25) is 24.1 Å². The Bertz CT molecular complexity index is 1620. The first-order valence-electron chi connectivity index (χ1n) is 14.9. The number of amides is 4. The number of fused-ring (bicyclic) bond motifs is 4. The summed E-state index contributed by atoms with van der Waals surface area (Å²) in [6.45, 7) is 1.68. The summed E-state index contributed by atoms with van der Waals surface area (Å²) in [6, 6.07) is 7.42. The first-order valence-corrected chi connectivity index (χ1v) is 15.3. The number of phenolic OH excluding ortho intramolecular Hbond substituents is 1. The van der Waals surface area contributed by atoms with Gasteiger partial charge in [-0.15, -0.1) is 0 Å². The Morgan fingerprint density at radius 2 is 1.65 bits per heavy atom. The Balaban J connectivity index is 1.35. The van der Waals surface area contributed by atoms with Crippen molar-refractivity contribution in [2.75, 3.05) is 4.90 Å². The van der Waals surface area contributed by atoms with Crippen molar-refractivity contribution in [3.8, 4) is 5.75 Å². The maximum Gasteiger partial charge on any atom is 0.241 e. The molecule has 3 aliphatic carbocycles. The van der Waals surface area contributed by atoms with E-state index in [0.29, 0.717) is 12.0 Å². The summed E-state index contributed by atoms with van der Waals surface area (Å²) < 4.78 is 28.8. The largest absolute Gasteiger partial charge is 0.505 e. The van der Waals surface area contributed by atoms with Crippen molar-refractivity contribution in [1.82, 2.24) is 4.90 Å². The third kappa shape index (κ3) is 3.96. The van der Waals surface area contributed by atoms with Crippen LogP contribution in [-0.2, 0) is 19.2 Å². The molecule has 43 heavy (non-hydrogen) atoms. The lowest BCUT2D eigenvalue weighted by molar-refractivity contribution is -0.144. The number of likely N-dealkylation sites (tertiary alicyclic amines) is 1. The van der Waals surface area contributed by atoms with E-state index in [9.17, 15) is 33.1 Å². The van der Waals surface area contributed by atoms with Crippen molar-refractivity contribution in [3.05, 3.63) is 70.3 Å². The van der Waals surface area contributed by atoms with Gasteiger partial charge in [0.05, 0.1) is 33.9 Å². The van der Waals surface area contributed by atoms with Crippen LogP contribution in [0.5, 0.6) is 5.75 Å². The number of hydrogen-bond donors (Lipinski definition) is 1. The average Bonchev–Trinajstić information content (AvgIpc) is 3.36. The summed E-state index contributed by atoms with van der Waals surface area (Å²) in [5, 5.41) is 9.71. The van der Waals surface area contributed by atoms with Crippen molar-refractivity contribution in [2.45, 2.75) is 63.8 Å². The minimum Gasteiger partial charge on any atom is -0.505 e. The lowest BCUT2D eigenvalue weighted by Crippen LogP contribution is -2.49. The lowest BCUT2D eigenvalue weighted by atomic mass is 9.51. The molecule has 224 valence electrons. The highest BCUT2D eigenvalue weighted by Gasteiger charge is 2.67. The van der Waals surface area contributed by atoms with Crippen LogP contribution >= 0.6 is 11.6 Å². The van der Waals surface area contributed by atoms with E-state index in [0.717, 1.165) is 48.6 Å². The van der Waals surface area contributed by atoms with Crippen LogP contribution in [0.2, 0.25) is 5.02 Å². The van der Waals surface area contributed by atoms with E-state index >= 15 is 0 Å². The van der Waals surface area contributed by atoms with Gasteiger partial charge >= 0.3 is 0 Å². The van der Waals surface area contributed by atoms with Gasteiger partial charge < -0.3 is 5.11 Å². The number of carbonyl (C=O) groups is 4. The van der Waals surface area contributed by atoms with Crippen LogP contribution in [0, 0.1) is 40.7 Å². The summed E-state index contributed by atoms with van der Waals surface area (Å²) in [7, 11) is 0. The second-order valence-electron chi connectivity index (χ2n) is 12.8.